The number of nitro benzene ring substituents is 2. The van der Waals surface area contributed by atoms with Crippen molar-refractivity contribution in [2.45, 2.75) is 6.61 Å². The van der Waals surface area contributed by atoms with Crippen molar-refractivity contribution < 1.29 is 14.6 Å². The maximum Gasteiger partial charge on any atom is 0.301 e. The van der Waals surface area contributed by atoms with Gasteiger partial charge in [0, 0.05) is 11.6 Å². The molecule has 9 nitrogen and oxygen atoms in total. The molecular formula is C24H18N4O5. The van der Waals surface area contributed by atoms with Gasteiger partial charge in [0.15, 0.2) is 0 Å². The van der Waals surface area contributed by atoms with E-state index in [9.17, 15) is 20.2 Å². The van der Waals surface area contributed by atoms with E-state index in [1.807, 2.05) is 66.7 Å². The molecule has 4 rings (SSSR count). The number of nitrogens with zero attached hydrogens (tertiary/aromatic N) is 3. The van der Waals surface area contributed by atoms with Crippen molar-refractivity contribution in [3.63, 3.8) is 0 Å². The zero-order valence-corrected chi connectivity index (χ0v) is 17.3. The monoisotopic (exact) mass is 442 g/mol. The van der Waals surface area contributed by atoms with Gasteiger partial charge in [-0.2, -0.15) is 5.10 Å². The zero-order valence-electron chi connectivity index (χ0n) is 17.3. The van der Waals surface area contributed by atoms with E-state index in [0.29, 0.717) is 17.9 Å². The number of rotatable bonds is 8. The molecule has 1 N–H and O–H groups in total. The van der Waals surface area contributed by atoms with E-state index in [-0.39, 0.29) is 11.4 Å². The van der Waals surface area contributed by atoms with Gasteiger partial charge in [0.25, 0.3) is 5.69 Å². The molecule has 9 heteroatoms. The lowest BCUT2D eigenvalue weighted by Gasteiger charge is -2.12. The highest BCUT2D eigenvalue weighted by Gasteiger charge is 2.19. The summed E-state index contributed by atoms with van der Waals surface area (Å²) in [6, 6.07) is 24.6. The number of hydrogen-bond acceptors (Lipinski definition) is 7. The molecule has 0 unspecified atom stereocenters. The fourth-order valence-electron chi connectivity index (χ4n) is 3.32. The third-order valence-corrected chi connectivity index (χ3v) is 4.94. The fraction of sp³-hybridized carbons (Fsp3) is 0.0417. The van der Waals surface area contributed by atoms with Crippen molar-refractivity contribution in [3.05, 3.63) is 116 Å². The number of hydrazone groups is 1. The standard InChI is InChI=1S/C24H18N4O5/c29-27(30)19-11-12-22(23(14-19)28(31)32)26-25-15-21-20-9-5-4-8-18(20)10-13-24(21)33-16-17-6-2-1-3-7-17/h1-15,26H,16H2/b25-15-. The van der Waals surface area contributed by atoms with Gasteiger partial charge in [0.1, 0.15) is 18.0 Å². The van der Waals surface area contributed by atoms with Crippen molar-refractivity contribution in [3.8, 4) is 5.75 Å². The topological polar surface area (TPSA) is 120 Å². The molecule has 33 heavy (non-hydrogen) atoms. The van der Waals surface area contributed by atoms with E-state index < -0.39 is 15.5 Å². The molecule has 0 heterocycles. The van der Waals surface area contributed by atoms with Gasteiger partial charge in [0.05, 0.1) is 22.1 Å². The Bertz CT molecular complexity index is 1360. The predicted octanol–water partition coefficient (Wildman–Crippen LogP) is 5.68. The smallest absolute Gasteiger partial charge is 0.301 e. The molecule has 0 aliphatic heterocycles. The predicted molar refractivity (Wildman–Crippen MR) is 126 cm³/mol. The first kappa shape index (κ1) is 21.4. The van der Waals surface area contributed by atoms with Crippen molar-refractivity contribution >= 4 is 34.0 Å². The average molecular weight is 442 g/mol. The summed E-state index contributed by atoms with van der Waals surface area (Å²) in [6.45, 7) is 0.362. The Morgan fingerprint density at radius 2 is 1.64 bits per heavy atom. The van der Waals surface area contributed by atoms with Crippen LogP contribution in [-0.4, -0.2) is 16.1 Å². The summed E-state index contributed by atoms with van der Waals surface area (Å²) in [7, 11) is 0. The molecule has 0 aliphatic rings. The summed E-state index contributed by atoms with van der Waals surface area (Å²) in [5.74, 6) is 0.598. The number of anilines is 1. The van der Waals surface area contributed by atoms with Crippen LogP contribution in [0.2, 0.25) is 0 Å². The third kappa shape index (κ3) is 4.93. The molecule has 0 amide bonds. The summed E-state index contributed by atoms with van der Waals surface area (Å²) in [5, 5.41) is 28.3. The van der Waals surface area contributed by atoms with Crippen LogP contribution in [0.1, 0.15) is 11.1 Å². The second kappa shape index (κ2) is 9.56. The van der Waals surface area contributed by atoms with E-state index in [1.165, 1.54) is 18.3 Å². The van der Waals surface area contributed by atoms with Crippen molar-refractivity contribution in [1.29, 1.82) is 0 Å². The molecule has 0 saturated heterocycles. The van der Waals surface area contributed by atoms with E-state index in [1.54, 1.807) is 0 Å². The van der Waals surface area contributed by atoms with Crippen LogP contribution >= 0.6 is 0 Å². The fourth-order valence-corrected chi connectivity index (χ4v) is 3.32. The van der Waals surface area contributed by atoms with E-state index in [0.717, 1.165) is 22.4 Å². The minimum absolute atomic E-state index is 0.0360. The normalized spacial score (nSPS) is 10.9. The third-order valence-electron chi connectivity index (χ3n) is 4.94. The highest BCUT2D eigenvalue weighted by Crippen LogP contribution is 2.30. The van der Waals surface area contributed by atoms with Crippen LogP contribution in [0.5, 0.6) is 5.75 Å². The molecule has 0 aromatic heterocycles. The Morgan fingerprint density at radius 1 is 0.879 bits per heavy atom. The molecule has 0 fully saturated rings. The van der Waals surface area contributed by atoms with Gasteiger partial charge in [-0.15, -0.1) is 0 Å². The highest BCUT2D eigenvalue weighted by atomic mass is 16.6. The zero-order chi connectivity index (χ0) is 23.2. The summed E-state index contributed by atoms with van der Waals surface area (Å²) in [5.41, 5.74) is 3.55. The molecule has 0 spiro atoms. The van der Waals surface area contributed by atoms with Crippen LogP contribution in [-0.2, 0) is 6.61 Å². The second-order valence-electron chi connectivity index (χ2n) is 7.06. The SMILES string of the molecule is O=[N+]([O-])c1ccc(N/N=C\c2c(OCc3ccccc3)ccc3ccccc23)c([N+](=O)[O-])c1. The molecule has 0 atom stereocenters. The lowest BCUT2D eigenvalue weighted by Crippen LogP contribution is -2.01. The number of benzene rings is 4. The van der Waals surface area contributed by atoms with E-state index in [4.69, 9.17) is 4.74 Å². The lowest BCUT2D eigenvalue weighted by molar-refractivity contribution is -0.393. The number of non-ortho nitro benzene ring substituents is 1. The van der Waals surface area contributed by atoms with Gasteiger partial charge in [-0.3, -0.25) is 25.7 Å². The van der Waals surface area contributed by atoms with Gasteiger partial charge in [0.2, 0.25) is 0 Å². The van der Waals surface area contributed by atoms with Crippen LogP contribution in [0.4, 0.5) is 17.1 Å². The van der Waals surface area contributed by atoms with Gasteiger partial charge >= 0.3 is 5.69 Å². The van der Waals surface area contributed by atoms with Crippen LogP contribution in [0, 0.1) is 20.2 Å². The quantitative estimate of drug-likeness (QED) is 0.213. The van der Waals surface area contributed by atoms with Gasteiger partial charge in [-0.25, -0.2) is 0 Å². The Kier molecular flexibility index (Phi) is 6.21. The van der Waals surface area contributed by atoms with Gasteiger partial charge < -0.3 is 4.74 Å². The van der Waals surface area contributed by atoms with E-state index in [2.05, 4.69) is 10.5 Å². The van der Waals surface area contributed by atoms with Crippen LogP contribution < -0.4 is 10.2 Å². The number of hydrogen-bond donors (Lipinski definition) is 1. The molecule has 0 saturated carbocycles. The molecule has 0 bridgehead atoms. The second-order valence-corrected chi connectivity index (χ2v) is 7.06. The average Bonchev–Trinajstić information content (AvgIpc) is 2.83. The molecular weight excluding hydrogens is 424 g/mol. The van der Waals surface area contributed by atoms with Gasteiger partial charge in [-0.1, -0.05) is 60.7 Å². The first-order valence-corrected chi connectivity index (χ1v) is 9.93. The highest BCUT2D eigenvalue weighted by molar-refractivity contribution is 6.02. The summed E-state index contributed by atoms with van der Waals surface area (Å²) < 4.78 is 6.04. The molecule has 0 radical (unpaired) electrons. The number of fused-ring (bicyclic) bond motifs is 1. The van der Waals surface area contributed by atoms with Gasteiger partial charge in [-0.05, 0) is 28.5 Å². The van der Waals surface area contributed by atoms with E-state index >= 15 is 0 Å². The largest absolute Gasteiger partial charge is 0.488 e. The summed E-state index contributed by atoms with van der Waals surface area (Å²) in [4.78, 5) is 20.9. The Hall–Kier alpha value is -4.79. The Labute approximate surface area is 188 Å². The minimum Gasteiger partial charge on any atom is -0.488 e. The minimum atomic E-state index is -0.697. The Morgan fingerprint density at radius 3 is 2.39 bits per heavy atom. The maximum atomic E-state index is 11.3. The maximum absolute atomic E-state index is 11.3. The number of nitro groups is 2. The lowest BCUT2D eigenvalue weighted by atomic mass is 10.0. The molecule has 4 aromatic rings. The summed E-state index contributed by atoms with van der Waals surface area (Å²) >= 11 is 0. The number of nitrogens with one attached hydrogen (secondary N) is 1. The van der Waals surface area contributed by atoms with Crippen LogP contribution in [0.25, 0.3) is 10.8 Å². The van der Waals surface area contributed by atoms with Crippen LogP contribution in [0.3, 0.4) is 0 Å². The summed E-state index contributed by atoms with van der Waals surface area (Å²) in [6.07, 6.45) is 1.52. The molecule has 0 aliphatic carbocycles. The Balaban J connectivity index is 1.65. The van der Waals surface area contributed by atoms with Crippen molar-refractivity contribution in [2.24, 2.45) is 5.10 Å². The molecule has 4 aromatic carbocycles. The van der Waals surface area contributed by atoms with Crippen molar-refractivity contribution in [2.75, 3.05) is 5.43 Å². The van der Waals surface area contributed by atoms with Crippen LogP contribution in [0.15, 0.2) is 90.0 Å². The first-order valence-electron chi connectivity index (χ1n) is 9.93. The van der Waals surface area contributed by atoms with Crippen molar-refractivity contribution in [1.82, 2.24) is 0 Å². The number of ether oxygens (including phenoxy) is 1. The molecule has 164 valence electrons. The first-order chi connectivity index (χ1) is 16.0.